The summed E-state index contributed by atoms with van der Waals surface area (Å²) in [5.74, 6) is 0. The standard InChI is InChI=1S/C9H14N2/c1-4-5-9-6-7(2)10-11-8(9)3/h6H,4-5H2,1-3H3. The van der Waals surface area contributed by atoms with Crippen LogP contribution >= 0.6 is 0 Å². The SMILES string of the molecule is CCCc1cc(C)nnc1C. The van der Waals surface area contributed by atoms with E-state index in [0.717, 1.165) is 17.8 Å². The summed E-state index contributed by atoms with van der Waals surface area (Å²) in [6, 6.07) is 2.12. The smallest absolute Gasteiger partial charge is 0.0632 e. The van der Waals surface area contributed by atoms with E-state index in [0.29, 0.717) is 0 Å². The maximum Gasteiger partial charge on any atom is 0.0632 e. The summed E-state index contributed by atoms with van der Waals surface area (Å²) < 4.78 is 0. The molecule has 0 N–H and O–H groups in total. The lowest BCUT2D eigenvalue weighted by Crippen LogP contribution is -1.96. The molecule has 0 atom stereocenters. The first-order valence-corrected chi connectivity index (χ1v) is 4.04. The van der Waals surface area contributed by atoms with E-state index in [2.05, 4.69) is 23.2 Å². The Morgan fingerprint density at radius 3 is 2.64 bits per heavy atom. The third-order valence-corrected chi connectivity index (χ3v) is 1.72. The third kappa shape index (κ3) is 2.00. The topological polar surface area (TPSA) is 25.8 Å². The number of hydrogen-bond acceptors (Lipinski definition) is 2. The lowest BCUT2D eigenvalue weighted by molar-refractivity contribution is 0.852. The van der Waals surface area contributed by atoms with Crippen molar-refractivity contribution in [1.82, 2.24) is 10.2 Å². The first-order chi connectivity index (χ1) is 5.24. The highest BCUT2D eigenvalue weighted by Gasteiger charge is 1.98. The van der Waals surface area contributed by atoms with Gasteiger partial charge in [0, 0.05) is 0 Å². The Balaban J connectivity index is 2.93. The molecule has 2 heteroatoms. The molecule has 0 radical (unpaired) electrons. The number of rotatable bonds is 2. The predicted octanol–water partition coefficient (Wildman–Crippen LogP) is 2.05. The molecule has 1 rings (SSSR count). The van der Waals surface area contributed by atoms with Crippen molar-refractivity contribution in [1.29, 1.82) is 0 Å². The molecule has 11 heavy (non-hydrogen) atoms. The van der Waals surface area contributed by atoms with Gasteiger partial charge in [-0.15, -0.1) is 0 Å². The van der Waals surface area contributed by atoms with Crippen LogP contribution in [0.4, 0.5) is 0 Å². The molecule has 0 fully saturated rings. The number of nitrogens with zero attached hydrogens (tertiary/aromatic N) is 2. The molecule has 0 aromatic carbocycles. The number of aromatic nitrogens is 2. The molecule has 1 aromatic heterocycles. The summed E-state index contributed by atoms with van der Waals surface area (Å²) in [7, 11) is 0. The summed E-state index contributed by atoms with van der Waals surface area (Å²) in [6.07, 6.45) is 2.29. The highest BCUT2D eigenvalue weighted by molar-refractivity contribution is 5.19. The van der Waals surface area contributed by atoms with Crippen molar-refractivity contribution in [2.45, 2.75) is 33.6 Å². The Morgan fingerprint density at radius 1 is 1.27 bits per heavy atom. The van der Waals surface area contributed by atoms with Crippen LogP contribution in [0.5, 0.6) is 0 Å². The van der Waals surface area contributed by atoms with E-state index in [1.807, 2.05) is 13.8 Å². The highest BCUT2D eigenvalue weighted by atomic mass is 15.1. The van der Waals surface area contributed by atoms with Crippen molar-refractivity contribution in [3.05, 3.63) is 23.0 Å². The van der Waals surface area contributed by atoms with Gasteiger partial charge in [0.2, 0.25) is 0 Å². The third-order valence-electron chi connectivity index (χ3n) is 1.72. The highest BCUT2D eigenvalue weighted by Crippen LogP contribution is 2.07. The molecule has 0 saturated heterocycles. The fourth-order valence-electron chi connectivity index (χ4n) is 1.13. The average Bonchev–Trinajstić information content (AvgIpc) is 1.98. The Kier molecular flexibility index (Phi) is 2.58. The number of aryl methyl sites for hydroxylation is 3. The molecule has 0 amide bonds. The molecule has 0 spiro atoms. The molecule has 0 unspecified atom stereocenters. The first kappa shape index (κ1) is 8.18. The van der Waals surface area contributed by atoms with E-state index in [1.165, 1.54) is 12.0 Å². The van der Waals surface area contributed by atoms with Crippen LogP contribution in [-0.2, 0) is 6.42 Å². The summed E-state index contributed by atoms with van der Waals surface area (Å²) in [5, 5.41) is 8.02. The van der Waals surface area contributed by atoms with Gasteiger partial charge >= 0.3 is 0 Å². The second kappa shape index (κ2) is 3.46. The van der Waals surface area contributed by atoms with Crippen LogP contribution in [0.25, 0.3) is 0 Å². The maximum atomic E-state index is 4.05. The van der Waals surface area contributed by atoms with E-state index in [1.54, 1.807) is 0 Å². The molecule has 0 bridgehead atoms. The Labute approximate surface area is 67.7 Å². The van der Waals surface area contributed by atoms with Crippen molar-refractivity contribution in [2.24, 2.45) is 0 Å². The minimum absolute atomic E-state index is 1.01. The molecular weight excluding hydrogens is 136 g/mol. The van der Waals surface area contributed by atoms with Gasteiger partial charge in [-0.05, 0) is 31.9 Å². The van der Waals surface area contributed by atoms with Crippen LogP contribution in [0.1, 0.15) is 30.3 Å². The largest absolute Gasteiger partial charge is 0.156 e. The van der Waals surface area contributed by atoms with Crippen LogP contribution in [0.15, 0.2) is 6.07 Å². The minimum atomic E-state index is 1.01. The van der Waals surface area contributed by atoms with Crippen LogP contribution in [-0.4, -0.2) is 10.2 Å². The quantitative estimate of drug-likeness (QED) is 0.644. The van der Waals surface area contributed by atoms with Gasteiger partial charge < -0.3 is 0 Å². The Hall–Kier alpha value is -0.920. The van der Waals surface area contributed by atoms with Gasteiger partial charge in [0.25, 0.3) is 0 Å². The second-order valence-corrected chi connectivity index (χ2v) is 2.85. The lowest BCUT2D eigenvalue weighted by Gasteiger charge is -2.01. The average molecular weight is 150 g/mol. The van der Waals surface area contributed by atoms with E-state index >= 15 is 0 Å². The summed E-state index contributed by atoms with van der Waals surface area (Å²) in [4.78, 5) is 0. The Bertz CT molecular complexity index is 243. The lowest BCUT2D eigenvalue weighted by atomic mass is 10.1. The van der Waals surface area contributed by atoms with E-state index in [9.17, 15) is 0 Å². The second-order valence-electron chi connectivity index (χ2n) is 2.85. The minimum Gasteiger partial charge on any atom is -0.156 e. The van der Waals surface area contributed by atoms with E-state index in [4.69, 9.17) is 0 Å². The van der Waals surface area contributed by atoms with Gasteiger partial charge in [0.15, 0.2) is 0 Å². The summed E-state index contributed by atoms with van der Waals surface area (Å²) >= 11 is 0. The van der Waals surface area contributed by atoms with Gasteiger partial charge in [-0.2, -0.15) is 10.2 Å². The molecular formula is C9H14N2. The first-order valence-electron chi connectivity index (χ1n) is 4.04. The van der Waals surface area contributed by atoms with Gasteiger partial charge in [-0.1, -0.05) is 13.3 Å². The Morgan fingerprint density at radius 2 is 2.00 bits per heavy atom. The zero-order chi connectivity index (χ0) is 8.27. The van der Waals surface area contributed by atoms with Crippen molar-refractivity contribution < 1.29 is 0 Å². The molecule has 2 nitrogen and oxygen atoms in total. The van der Waals surface area contributed by atoms with Crippen molar-refractivity contribution in [3.63, 3.8) is 0 Å². The van der Waals surface area contributed by atoms with Crippen molar-refractivity contribution in [2.75, 3.05) is 0 Å². The molecule has 0 aliphatic heterocycles. The van der Waals surface area contributed by atoms with Gasteiger partial charge in [-0.25, -0.2) is 0 Å². The fraction of sp³-hybridized carbons (Fsp3) is 0.556. The van der Waals surface area contributed by atoms with Gasteiger partial charge in [-0.3, -0.25) is 0 Å². The summed E-state index contributed by atoms with van der Waals surface area (Å²) in [5.41, 5.74) is 3.41. The molecule has 1 aromatic rings. The van der Waals surface area contributed by atoms with E-state index in [-0.39, 0.29) is 0 Å². The van der Waals surface area contributed by atoms with Crippen LogP contribution in [0.2, 0.25) is 0 Å². The molecule has 0 aliphatic carbocycles. The number of hydrogen-bond donors (Lipinski definition) is 0. The van der Waals surface area contributed by atoms with Crippen LogP contribution in [0.3, 0.4) is 0 Å². The molecule has 60 valence electrons. The maximum absolute atomic E-state index is 4.05. The molecule has 0 saturated carbocycles. The zero-order valence-corrected chi connectivity index (χ0v) is 7.39. The zero-order valence-electron chi connectivity index (χ0n) is 7.39. The van der Waals surface area contributed by atoms with Gasteiger partial charge in [0.05, 0.1) is 11.4 Å². The molecule has 0 aliphatic rings. The van der Waals surface area contributed by atoms with Crippen molar-refractivity contribution in [3.8, 4) is 0 Å². The van der Waals surface area contributed by atoms with Gasteiger partial charge in [0.1, 0.15) is 0 Å². The van der Waals surface area contributed by atoms with Crippen LogP contribution < -0.4 is 0 Å². The predicted molar refractivity (Wildman–Crippen MR) is 45.5 cm³/mol. The van der Waals surface area contributed by atoms with Crippen LogP contribution in [0, 0.1) is 13.8 Å². The molecule has 1 heterocycles. The normalized spacial score (nSPS) is 10.1. The fourth-order valence-corrected chi connectivity index (χ4v) is 1.13. The van der Waals surface area contributed by atoms with Crippen molar-refractivity contribution >= 4 is 0 Å². The van der Waals surface area contributed by atoms with E-state index < -0.39 is 0 Å². The monoisotopic (exact) mass is 150 g/mol. The summed E-state index contributed by atoms with van der Waals surface area (Å²) in [6.45, 7) is 6.16.